The molecule has 0 aromatic heterocycles. The molecule has 1 atom stereocenters. The van der Waals surface area contributed by atoms with Gasteiger partial charge in [-0.15, -0.1) is 0 Å². The van der Waals surface area contributed by atoms with Gasteiger partial charge < -0.3 is 16.0 Å². The monoisotopic (exact) mass is 351 g/mol. The molecule has 132 valence electrons. The van der Waals surface area contributed by atoms with Gasteiger partial charge in [-0.25, -0.2) is 13.2 Å². The van der Waals surface area contributed by atoms with E-state index in [1.165, 1.54) is 13.8 Å². The quantitative estimate of drug-likeness (QED) is 0.722. The van der Waals surface area contributed by atoms with Gasteiger partial charge in [-0.1, -0.05) is 6.07 Å². The van der Waals surface area contributed by atoms with Gasteiger partial charge in [-0.2, -0.15) is 0 Å². The van der Waals surface area contributed by atoms with Gasteiger partial charge in [0, 0.05) is 18.3 Å². The summed E-state index contributed by atoms with van der Waals surface area (Å²) in [6.45, 7) is 2.88. The third-order valence-corrected chi connectivity index (χ3v) is 3.25. The molecule has 2 aromatic rings. The van der Waals surface area contributed by atoms with Crippen LogP contribution in [0.1, 0.15) is 13.8 Å². The molecule has 0 aliphatic rings. The van der Waals surface area contributed by atoms with Crippen molar-refractivity contribution in [2.45, 2.75) is 19.9 Å². The lowest BCUT2D eigenvalue weighted by Gasteiger charge is -2.16. The summed E-state index contributed by atoms with van der Waals surface area (Å²) >= 11 is 0. The Bertz CT molecular complexity index is 812. The summed E-state index contributed by atoms with van der Waals surface area (Å²) in [5.74, 6) is -5.34. The van der Waals surface area contributed by atoms with Gasteiger partial charge in [0.15, 0.2) is 17.5 Å². The minimum Gasteiger partial charge on any atom is -0.374 e. The third-order valence-electron chi connectivity index (χ3n) is 3.25. The molecule has 2 amide bonds. The number of hydrogen-bond acceptors (Lipinski definition) is 3. The second-order valence-electron chi connectivity index (χ2n) is 5.34. The number of carbonyl (C=O) groups is 2. The summed E-state index contributed by atoms with van der Waals surface area (Å²) in [4.78, 5) is 23.2. The zero-order chi connectivity index (χ0) is 18.6. The number of anilines is 3. The average Bonchev–Trinajstić information content (AvgIpc) is 2.55. The van der Waals surface area contributed by atoms with Gasteiger partial charge >= 0.3 is 0 Å². The van der Waals surface area contributed by atoms with Crippen LogP contribution >= 0.6 is 0 Å². The molecule has 0 fully saturated rings. The Labute approximate surface area is 142 Å². The number of amides is 2. The van der Waals surface area contributed by atoms with Crippen molar-refractivity contribution >= 4 is 28.9 Å². The molecule has 0 aliphatic heterocycles. The minimum atomic E-state index is -1.65. The second-order valence-corrected chi connectivity index (χ2v) is 5.34. The van der Waals surface area contributed by atoms with Crippen molar-refractivity contribution in [2.24, 2.45) is 0 Å². The van der Waals surface area contributed by atoms with Gasteiger partial charge in [0.1, 0.15) is 6.04 Å². The Balaban J connectivity index is 2.06. The number of hydrogen-bond donors (Lipinski definition) is 3. The molecule has 0 saturated heterocycles. The molecule has 5 nitrogen and oxygen atoms in total. The van der Waals surface area contributed by atoms with Gasteiger partial charge in [-0.05, 0) is 37.3 Å². The van der Waals surface area contributed by atoms with E-state index in [1.807, 2.05) is 0 Å². The fraction of sp³-hybridized carbons (Fsp3) is 0.176. The molecule has 2 rings (SSSR count). The molecular weight excluding hydrogens is 335 g/mol. The van der Waals surface area contributed by atoms with Crippen LogP contribution in [0.3, 0.4) is 0 Å². The van der Waals surface area contributed by atoms with Crippen LogP contribution in [0.5, 0.6) is 0 Å². The van der Waals surface area contributed by atoms with Gasteiger partial charge in [0.05, 0.1) is 5.69 Å². The van der Waals surface area contributed by atoms with Crippen molar-refractivity contribution in [1.29, 1.82) is 0 Å². The van der Waals surface area contributed by atoms with Crippen molar-refractivity contribution in [3.05, 3.63) is 53.8 Å². The summed E-state index contributed by atoms with van der Waals surface area (Å²) in [6, 6.07) is 7.50. The van der Waals surface area contributed by atoms with E-state index in [1.54, 1.807) is 24.3 Å². The predicted octanol–water partition coefficient (Wildman–Crippen LogP) is 3.50. The summed E-state index contributed by atoms with van der Waals surface area (Å²) < 4.78 is 39.7. The summed E-state index contributed by atoms with van der Waals surface area (Å²) in [5, 5.41) is 7.66. The van der Waals surface area contributed by atoms with E-state index in [0.717, 1.165) is 12.1 Å². The van der Waals surface area contributed by atoms with Gasteiger partial charge in [0.25, 0.3) is 0 Å². The van der Waals surface area contributed by atoms with E-state index in [9.17, 15) is 22.8 Å². The zero-order valence-corrected chi connectivity index (χ0v) is 13.5. The topological polar surface area (TPSA) is 70.2 Å². The number of halogens is 3. The Morgan fingerprint density at radius 3 is 2.32 bits per heavy atom. The highest BCUT2D eigenvalue weighted by atomic mass is 19.2. The predicted molar refractivity (Wildman–Crippen MR) is 88.8 cm³/mol. The van der Waals surface area contributed by atoms with Crippen LogP contribution in [-0.4, -0.2) is 17.9 Å². The number of carbonyl (C=O) groups excluding carboxylic acids is 2. The first-order valence-corrected chi connectivity index (χ1v) is 7.36. The van der Waals surface area contributed by atoms with Crippen LogP contribution in [0, 0.1) is 17.5 Å². The highest BCUT2D eigenvalue weighted by Gasteiger charge is 2.18. The van der Waals surface area contributed by atoms with Crippen molar-refractivity contribution < 1.29 is 22.8 Å². The first-order chi connectivity index (χ1) is 11.8. The Kier molecular flexibility index (Phi) is 5.63. The molecule has 8 heteroatoms. The van der Waals surface area contributed by atoms with Crippen molar-refractivity contribution in [1.82, 2.24) is 0 Å². The van der Waals surface area contributed by atoms with Crippen LogP contribution in [-0.2, 0) is 9.59 Å². The lowest BCUT2D eigenvalue weighted by atomic mass is 10.2. The van der Waals surface area contributed by atoms with Gasteiger partial charge in [-0.3, -0.25) is 9.59 Å². The SMILES string of the molecule is CC(=O)Nc1cccc(NC(C)C(=O)Nc2ccc(F)c(F)c2F)c1. The van der Waals surface area contributed by atoms with Crippen molar-refractivity contribution in [3.63, 3.8) is 0 Å². The Morgan fingerprint density at radius 1 is 0.960 bits per heavy atom. The van der Waals surface area contributed by atoms with E-state index < -0.39 is 35.1 Å². The molecule has 0 radical (unpaired) electrons. The molecule has 2 aromatic carbocycles. The second kappa shape index (κ2) is 7.69. The molecule has 0 heterocycles. The van der Waals surface area contributed by atoms with Gasteiger partial charge in [0.2, 0.25) is 11.8 Å². The fourth-order valence-corrected chi connectivity index (χ4v) is 2.07. The maximum absolute atomic E-state index is 13.6. The normalized spacial score (nSPS) is 11.6. The molecule has 1 unspecified atom stereocenters. The van der Waals surface area contributed by atoms with Crippen molar-refractivity contribution in [3.8, 4) is 0 Å². The van der Waals surface area contributed by atoms with E-state index in [-0.39, 0.29) is 5.91 Å². The number of benzene rings is 2. The van der Waals surface area contributed by atoms with Crippen LogP contribution in [0.2, 0.25) is 0 Å². The van der Waals surface area contributed by atoms with Crippen LogP contribution < -0.4 is 16.0 Å². The first-order valence-electron chi connectivity index (χ1n) is 7.36. The molecule has 0 aliphatic carbocycles. The highest BCUT2D eigenvalue weighted by Crippen LogP contribution is 2.20. The fourth-order valence-electron chi connectivity index (χ4n) is 2.07. The maximum atomic E-state index is 13.6. The lowest BCUT2D eigenvalue weighted by Crippen LogP contribution is -2.32. The molecule has 25 heavy (non-hydrogen) atoms. The van der Waals surface area contributed by atoms with E-state index in [4.69, 9.17) is 0 Å². The first kappa shape index (κ1) is 18.3. The highest BCUT2D eigenvalue weighted by molar-refractivity contribution is 5.96. The van der Waals surface area contributed by atoms with Crippen molar-refractivity contribution in [2.75, 3.05) is 16.0 Å². The number of rotatable bonds is 5. The van der Waals surface area contributed by atoms with Crippen LogP contribution in [0.15, 0.2) is 36.4 Å². The molecule has 0 saturated carbocycles. The Hall–Kier alpha value is -3.03. The van der Waals surface area contributed by atoms with Crippen LogP contribution in [0.25, 0.3) is 0 Å². The minimum absolute atomic E-state index is 0.239. The molecule has 0 spiro atoms. The largest absolute Gasteiger partial charge is 0.374 e. The standard InChI is InChI=1S/C17H16F3N3O2/c1-9(21-11-4-3-5-12(8-11)22-10(2)24)17(25)23-14-7-6-13(18)15(19)16(14)20/h3-9,21H,1-2H3,(H,22,24)(H,23,25). The molecule has 3 N–H and O–H groups in total. The van der Waals surface area contributed by atoms with E-state index in [0.29, 0.717) is 11.4 Å². The smallest absolute Gasteiger partial charge is 0.246 e. The van der Waals surface area contributed by atoms with E-state index in [2.05, 4.69) is 16.0 Å². The van der Waals surface area contributed by atoms with Crippen LogP contribution in [0.4, 0.5) is 30.2 Å². The summed E-state index contributed by atoms with van der Waals surface area (Å²) in [5.41, 5.74) is 0.626. The van der Waals surface area contributed by atoms with E-state index >= 15 is 0 Å². The lowest BCUT2D eigenvalue weighted by molar-refractivity contribution is -0.116. The summed E-state index contributed by atoms with van der Waals surface area (Å²) in [6.07, 6.45) is 0. The molecule has 0 bridgehead atoms. The maximum Gasteiger partial charge on any atom is 0.246 e. The Morgan fingerprint density at radius 2 is 1.64 bits per heavy atom. The summed E-state index contributed by atoms with van der Waals surface area (Å²) in [7, 11) is 0. The zero-order valence-electron chi connectivity index (χ0n) is 13.5. The average molecular weight is 351 g/mol. The third kappa shape index (κ3) is 4.72. The molecular formula is C17H16F3N3O2. The number of nitrogens with one attached hydrogen (secondary N) is 3.